The lowest BCUT2D eigenvalue weighted by Crippen LogP contribution is -2.42. The standard InChI is InChI=1S/C26H24ClF3N2O7S2/c27-21-22(39-13-20(33)34)24(25(35)36)40-23(21)16-2-1-3-19(12-16)31-18-8-10-32(11-9-18)41(37,38)14-15-4-6-17(7-5-15)26(28,29)30/h1-7,12,18,31H,8-11,13-14H2,(H,33,34)(H,35,36). The van der Waals surface area contributed by atoms with Crippen LogP contribution in [0.2, 0.25) is 5.02 Å². The molecule has 0 spiro atoms. The first kappa shape index (κ1) is 30.6. The van der Waals surface area contributed by atoms with E-state index in [4.69, 9.17) is 21.4 Å². The molecule has 41 heavy (non-hydrogen) atoms. The summed E-state index contributed by atoms with van der Waals surface area (Å²) in [6.45, 7) is -0.302. The summed E-state index contributed by atoms with van der Waals surface area (Å²) in [6.07, 6.45) is -3.54. The number of halogens is 4. The van der Waals surface area contributed by atoms with Crippen LogP contribution in [0.5, 0.6) is 5.75 Å². The number of benzene rings is 2. The molecule has 4 rings (SSSR count). The number of hydrogen-bond acceptors (Lipinski definition) is 7. The molecule has 0 atom stereocenters. The van der Waals surface area contributed by atoms with Crippen LogP contribution in [0.25, 0.3) is 10.4 Å². The SMILES string of the molecule is O=C(O)COc1c(C(=O)O)sc(-c2cccc(NC3CCN(S(=O)(=O)Cc4ccc(C(F)(F)F)cc4)CC3)c2)c1Cl. The molecule has 0 saturated carbocycles. The molecule has 220 valence electrons. The number of thiophene rings is 1. The molecule has 1 saturated heterocycles. The van der Waals surface area contributed by atoms with Crippen molar-refractivity contribution in [2.24, 2.45) is 0 Å². The number of ether oxygens (including phenoxy) is 1. The minimum Gasteiger partial charge on any atom is -0.479 e. The topological polar surface area (TPSA) is 133 Å². The van der Waals surface area contributed by atoms with E-state index in [1.807, 2.05) is 0 Å². The number of hydrogen-bond donors (Lipinski definition) is 3. The predicted octanol–water partition coefficient (Wildman–Crippen LogP) is 5.66. The maximum Gasteiger partial charge on any atom is 0.416 e. The number of aliphatic carboxylic acids is 1. The van der Waals surface area contributed by atoms with Gasteiger partial charge in [-0.3, -0.25) is 0 Å². The normalized spacial score (nSPS) is 15.0. The summed E-state index contributed by atoms with van der Waals surface area (Å²) < 4.78 is 70.6. The Morgan fingerprint density at radius 1 is 1.10 bits per heavy atom. The van der Waals surface area contributed by atoms with E-state index in [2.05, 4.69) is 5.32 Å². The van der Waals surface area contributed by atoms with E-state index in [-0.39, 0.29) is 40.3 Å². The van der Waals surface area contributed by atoms with Gasteiger partial charge in [-0.05, 0) is 48.2 Å². The highest BCUT2D eigenvalue weighted by molar-refractivity contribution is 7.88. The van der Waals surface area contributed by atoms with E-state index in [0.717, 1.165) is 23.5 Å². The molecule has 2 aromatic carbocycles. The van der Waals surface area contributed by atoms with Crippen LogP contribution in [0.3, 0.4) is 0 Å². The van der Waals surface area contributed by atoms with Gasteiger partial charge in [0.25, 0.3) is 0 Å². The highest BCUT2D eigenvalue weighted by atomic mass is 35.5. The van der Waals surface area contributed by atoms with E-state index in [0.29, 0.717) is 29.0 Å². The summed E-state index contributed by atoms with van der Waals surface area (Å²) in [5.74, 6) is -3.21. The van der Waals surface area contributed by atoms with Crippen LogP contribution in [0.1, 0.15) is 33.6 Å². The minimum absolute atomic E-state index is 0.0163. The van der Waals surface area contributed by atoms with Gasteiger partial charge < -0.3 is 20.3 Å². The Kier molecular flexibility index (Phi) is 9.16. The van der Waals surface area contributed by atoms with Gasteiger partial charge in [0.2, 0.25) is 10.0 Å². The summed E-state index contributed by atoms with van der Waals surface area (Å²) in [5.41, 5.74) is 0.687. The summed E-state index contributed by atoms with van der Waals surface area (Å²) in [6, 6.07) is 11.0. The van der Waals surface area contributed by atoms with E-state index >= 15 is 0 Å². The van der Waals surface area contributed by atoms with Crippen LogP contribution >= 0.6 is 22.9 Å². The number of carbonyl (C=O) groups is 2. The van der Waals surface area contributed by atoms with Gasteiger partial charge in [0, 0.05) is 24.8 Å². The van der Waals surface area contributed by atoms with Crippen molar-refractivity contribution in [2.45, 2.75) is 30.8 Å². The van der Waals surface area contributed by atoms with Crippen LogP contribution in [0, 0.1) is 0 Å². The van der Waals surface area contributed by atoms with Crippen LogP contribution in [0.15, 0.2) is 48.5 Å². The Morgan fingerprint density at radius 2 is 1.76 bits per heavy atom. The van der Waals surface area contributed by atoms with Gasteiger partial charge in [0.1, 0.15) is 5.02 Å². The van der Waals surface area contributed by atoms with Gasteiger partial charge in [0.15, 0.2) is 17.2 Å². The second kappa shape index (κ2) is 12.3. The fourth-order valence-corrected chi connectivity index (χ4v) is 7.31. The molecule has 0 unspecified atom stereocenters. The smallest absolute Gasteiger partial charge is 0.416 e. The van der Waals surface area contributed by atoms with Crippen molar-refractivity contribution >= 4 is 50.6 Å². The molecule has 0 amide bonds. The Morgan fingerprint density at radius 3 is 2.34 bits per heavy atom. The van der Waals surface area contributed by atoms with Crippen molar-refractivity contribution in [2.75, 3.05) is 25.0 Å². The predicted molar refractivity (Wildman–Crippen MR) is 147 cm³/mol. The molecular formula is C26H24ClF3N2O7S2. The number of anilines is 1. The molecular weight excluding hydrogens is 609 g/mol. The zero-order valence-electron chi connectivity index (χ0n) is 21.2. The summed E-state index contributed by atoms with van der Waals surface area (Å²) in [5, 5.41) is 21.7. The molecule has 1 fully saturated rings. The lowest BCUT2D eigenvalue weighted by Gasteiger charge is -2.32. The molecule has 3 N–H and O–H groups in total. The first-order chi connectivity index (χ1) is 19.2. The quantitative estimate of drug-likeness (QED) is 0.261. The van der Waals surface area contributed by atoms with Crippen molar-refractivity contribution < 1.29 is 46.1 Å². The third kappa shape index (κ3) is 7.50. The van der Waals surface area contributed by atoms with Crippen molar-refractivity contribution in [3.8, 4) is 16.2 Å². The Labute approximate surface area is 242 Å². The van der Waals surface area contributed by atoms with Crippen molar-refractivity contribution in [1.29, 1.82) is 0 Å². The number of alkyl halides is 3. The van der Waals surface area contributed by atoms with E-state index in [1.165, 1.54) is 16.4 Å². The first-order valence-electron chi connectivity index (χ1n) is 12.2. The summed E-state index contributed by atoms with van der Waals surface area (Å²) >= 11 is 7.23. The number of nitrogens with zero attached hydrogens (tertiary/aromatic N) is 1. The number of carboxylic acids is 2. The number of aromatic carboxylic acids is 1. The third-order valence-corrected chi connectivity index (χ3v) is 9.85. The summed E-state index contributed by atoms with van der Waals surface area (Å²) in [4.78, 5) is 22.7. The molecule has 1 aliphatic heterocycles. The van der Waals surface area contributed by atoms with Crippen LogP contribution < -0.4 is 10.1 Å². The van der Waals surface area contributed by atoms with E-state index in [9.17, 15) is 36.3 Å². The molecule has 1 aliphatic rings. The number of piperidine rings is 1. The Balaban J connectivity index is 1.40. The molecule has 15 heteroatoms. The molecule has 0 bridgehead atoms. The fourth-order valence-electron chi connectivity index (χ4n) is 4.34. The van der Waals surface area contributed by atoms with Gasteiger partial charge >= 0.3 is 18.1 Å². The maximum absolute atomic E-state index is 12.9. The number of carboxylic acid groups (broad SMARTS) is 2. The largest absolute Gasteiger partial charge is 0.479 e. The molecule has 3 aromatic rings. The second-order valence-corrected chi connectivity index (χ2v) is 12.6. The molecule has 2 heterocycles. The minimum atomic E-state index is -4.50. The molecule has 0 radical (unpaired) electrons. The van der Waals surface area contributed by atoms with Gasteiger partial charge in [-0.2, -0.15) is 13.2 Å². The highest BCUT2D eigenvalue weighted by Gasteiger charge is 2.31. The Hall–Kier alpha value is -3.33. The van der Waals surface area contributed by atoms with Crippen LogP contribution in [-0.4, -0.2) is 60.6 Å². The van der Waals surface area contributed by atoms with Crippen LogP contribution in [0.4, 0.5) is 18.9 Å². The average Bonchev–Trinajstić information content (AvgIpc) is 3.24. The van der Waals surface area contributed by atoms with Gasteiger partial charge in [-0.15, -0.1) is 11.3 Å². The first-order valence-corrected chi connectivity index (χ1v) is 15.0. The maximum atomic E-state index is 12.9. The van der Waals surface area contributed by atoms with Crippen molar-refractivity contribution in [3.63, 3.8) is 0 Å². The van der Waals surface area contributed by atoms with E-state index in [1.54, 1.807) is 24.3 Å². The molecule has 1 aromatic heterocycles. The third-order valence-electron chi connectivity index (χ3n) is 6.32. The van der Waals surface area contributed by atoms with Gasteiger partial charge in [-0.1, -0.05) is 35.9 Å². The highest BCUT2D eigenvalue weighted by Crippen LogP contribution is 2.46. The van der Waals surface area contributed by atoms with Crippen molar-refractivity contribution in [1.82, 2.24) is 4.31 Å². The molecule has 0 aliphatic carbocycles. The summed E-state index contributed by atoms with van der Waals surface area (Å²) in [7, 11) is -3.73. The number of rotatable bonds is 10. The van der Waals surface area contributed by atoms with Crippen LogP contribution in [-0.2, 0) is 26.7 Å². The zero-order valence-corrected chi connectivity index (χ0v) is 23.5. The lowest BCUT2D eigenvalue weighted by atomic mass is 10.1. The number of nitrogens with one attached hydrogen (secondary N) is 1. The van der Waals surface area contributed by atoms with Crippen molar-refractivity contribution in [3.05, 3.63) is 69.6 Å². The van der Waals surface area contributed by atoms with E-state index < -0.39 is 46.1 Å². The van der Waals surface area contributed by atoms with Gasteiger partial charge in [-0.25, -0.2) is 22.3 Å². The zero-order chi connectivity index (χ0) is 29.9. The Bertz CT molecular complexity index is 1540. The monoisotopic (exact) mass is 632 g/mol. The average molecular weight is 633 g/mol. The fraction of sp³-hybridized carbons (Fsp3) is 0.308. The second-order valence-electron chi connectivity index (χ2n) is 9.24. The lowest BCUT2D eigenvalue weighted by molar-refractivity contribution is -0.139. The molecule has 9 nitrogen and oxygen atoms in total. The van der Waals surface area contributed by atoms with Gasteiger partial charge in [0.05, 0.1) is 16.2 Å². The number of sulfonamides is 1.